The normalized spacial score (nSPS) is 9.90. The first-order valence-electron chi connectivity index (χ1n) is 6.02. The molecule has 0 aliphatic rings. The van der Waals surface area contributed by atoms with E-state index in [2.05, 4.69) is 10.6 Å². The number of phenols is 1. The van der Waals surface area contributed by atoms with E-state index < -0.39 is 11.9 Å². The molecular formula is C14H14N4O3. The summed E-state index contributed by atoms with van der Waals surface area (Å²) in [5.74, 6) is -0.845. The summed E-state index contributed by atoms with van der Waals surface area (Å²) in [6, 6.07) is 10.0. The first-order chi connectivity index (χ1) is 9.97. The van der Waals surface area contributed by atoms with E-state index in [0.29, 0.717) is 11.4 Å². The van der Waals surface area contributed by atoms with Crippen LogP contribution in [0.1, 0.15) is 10.4 Å². The molecule has 0 aliphatic carbocycles. The molecule has 3 amide bonds. The summed E-state index contributed by atoms with van der Waals surface area (Å²) in [5.41, 5.74) is 11.9. The molecule has 0 saturated carbocycles. The summed E-state index contributed by atoms with van der Waals surface area (Å²) >= 11 is 0. The molecule has 0 heterocycles. The van der Waals surface area contributed by atoms with Gasteiger partial charge in [-0.2, -0.15) is 0 Å². The van der Waals surface area contributed by atoms with Gasteiger partial charge in [-0.15, -0.1) is 0 Å². The van der Waals surface area contributed by atoms with Crippen molar-refractivity contribution < 1.29 is 14.7 Å². The van der Waals surface area contributed by atoms with Gasteiger partial charge in [0, 0.05) is 5.56 Å². The number of nitrogens with one attached hydrogen (secondary N) is 2. The number of anilines is 3. The van der Waals surface area contributed by atoms with Crippen LogP contribution in [0.15, 0.2) is 42.5 Å². The Morgan fingerprint density at radius 2 is 1.67 bits per heavy atom. The highest BCUT2D eigenvalue weighted by Crippen LogP contribution is 2.24. The molecule has 2 aromatic rings. The van der Waals surface area contributed by atoms with Crippen molar-refractivity contribution in [1.29, 1.82) is 0 Å². The molecule has 0 aromatic heterocycles. The van der Waals surface area contributed by atoms with Crippen LogP contribution in [0.3, 0.4) is 0 Å². The van der Waals surface area contributed by atoms with Crippen molar-refractivity contribution in [1.82, 2.24) is 0 Å². The molecule has 7 heteroatoms. The lowest BCUT2D eigenvalue weighted by atomic mass is 10.2. The number of primary amides is 1. The fraction of sp³-hybridized carbons (Fsp3) is 0. The average Bonchev–Trinajstić information content (AvgIpc) is 2.43. The summed E-state index contributed by atoms with van der Waals surface area (Å²) in [5, 5.41) is 14.6. The molecule has 0 fully saturated rings. The second kappa shape index (κ2) is 5.83. The number of rotatable bonds is 3. The Kier molecular flexibility index (Phi) is 3.94. The molecule has 21 heavy (non-hydrogen) atoms. The van der Waals surface area contributed by atoms with Crippen molar-refractivity contribution in [2.75, 3.05) is 16.4 Å². The highest BCUT2D eigenvalue weighted by atomic mass is 16.3. The molecular weight excluding hydrogens is 272 g/mol. The van der Waals surface area contributed by atoms with Crippen LogP contribution in [0, 0.1) is 0 Å². The predicted octanol–water partition coefficient (Wildman–Crippen LogP) is 1.72. The van der Waals surface area contributed by atoms with Gasteiger partial charge in [0.05, 0.1) is 17.1 Å². The molecule has 0 bridgehead atoms. The van der Waals surface area contributed by atoms with Crippen molar-refractivity contribution in [3.63, 3.8) is 0 Å². The quantitative estimate of drug-likeness (QED) is 0.434. The smallest absolute Gasteiger partial charge is 0.323 e. The van der Waals surface area contributed by atoms with Crippen molar-refractivity contribution in [2.24, 2.45) is 5.73 Å². The van der Waals surface area contributed by atoms with Gasteiger partial charge >= 0.3 is 6.03 Å². The molecule has 0 spiro atoms. The Hall–Kier alpha value is -3.22. The molecule has 7 N–H and O–H groups in total. The largest absolute Gasteiger partial charge is 0.506 e. The Morgan fingerprint density at radius 3 is 2.33 bits per heavy atom. The number of aromatic hydroxyl groups is 1. The zero-order valence-electron chi connectivity index (χ0n) is 11.0. The summed E-state index contributed by atoms with van der Waals surface area (Å²) in [6.07, 6.45) is 0. The third kappa shape index (κ3) is 3.41. The second-order valence-corrected chi connectivity index (χ2v) is 4.26. The number of carbonyl (C=O) groups excluding carboxylic acids is 2. The van der Waals surface area contributed by atoms with Crippen molar-refractivity contribution in [3.8, 4) is 5.75 Å². The van der Waals surface area contributed by atoms with Crippen LogP contribution in [0.2, 0.25) is 0 Å². The van der Waals surface area contributed by atoms with E-state index in [1.807, 2.05) is 0 Å². The van der Waals surface area contributed by atoms with Gasteiger partial charge in [0.2, 0.25) is 5.91 Å². The van der Waals surface area contributed by atoms with Gasteiger partial charge in [-0.25, -0.2) is 4.79 Å². The second-order valence-electron chi connectivity index (χ2n) is 4.26. The molecule has 0 unspecified atom stereocenters. The zero-order valence-corrected chi connectivity index (χ0v) is 11.0. The number of nitrogen functional groups attached to an aromatic ring is 1. The minimum absolute atomic E-state index is 0.0679. The van der Waals surface area contributed by atoms with Gasteiger partial charge in [0.15, 0.2) is 0 Å². The van der Waals surface area contributed by atoms with Crippen LogP contribution in [0.5, 0.6) is 5.75 Å². The van der Waals surface area contributed by atoms with Crippen LogP contribution in [-0.2, 0) is 0 Å². The average molecular weight is 286 g/mol. The van der Waals surface area contributed by atoms with E-state index in [9.17, 15) is 14.7 Å². The first-order valence-corrected chi connectivity index (χ1v) is 6.02. The fourth-order valence-electron chi connectivity index (χ4n) is 1.68. The van der Waals surface area contributed by atoms with E-state index in [-0.39, 0.29) is 17.0 Å². The number of hydrogen-bond acceptors (Lipinski definition) is 4. The highest BCUT2D eigenvalue weighted by molar-refractivity contribution is 6.03. The summed E-state index contributed by atoms with van der Waals surface area (Å²) < 4.78 is 0. The summed E-state index contributed by atoms with van der Waals surface area (Å²) in [6.45, 7) is 0. The van der Waals surface area contributed by atoms with Gasteiger partial charge in [-0.1, -0.05) is 12.1 Å². The van der Waals surface area contributed by atoms with Crippen LogP contribution >= 0.6 is 0 Å². The Bertz CT molecular complexity index is 700. The number of hydrogen-bond donors (Lipinski definition) is 5. The molecule has 7 nitrogen and oxygen atoms in total. The highest BCUT2D eigenvalue weighted by Gasteiger charge is 2.10. The third-order valence-electron chi connectivity index (χ3n) is 2.74. The Labute approximate surface area is 120 Å². The lowest BCUT2D eigenvalue weighted by Gasteiger charge is -2.11. The first kappa shape index (κ1) is 14.2. The van der Waals surface area contributed by atoms with E-state index >= 15 is 0 Å². The van der Waals surface area contributed by atoms with Crippen LogP contribution in [0.4, 0.5) is 21.9 Å². The number of para-hydroxylation sites is 2. The van der Waals surface area contributed by atoms with E-state index in [1.54, 1.807) is 24.3 Å². The molecule has 108 valence electrons. The number of carbonyl (C=O) groups is 2. The zero-order chi connectivity index (χ0) is 15.4. The monoisotopic (exact) mass is 286 g/mol. The number of nitrogens with two attached hydrogens (primary N) is 2. The van der Waals surface area contributed by atoms with Crippen LogP contribution < -0.4 is 22.1 Å². The predicted molar refractivity (Wildman–Crippen MR) is 80.1 cm³/mol. The summed E-state index contributed by atoms with van der Waals surface area (Å²) in [7, 11) is 0. The van der Waals surface area contributed by atoms with Gasteiger partial charge in [0.1, 0.15) is 5.75 Å². The maximum absolute atomic E-state index is 11.9. The van der Waals surface area contributed by atoms with Crippen molar-refractivity contribution >= 4 is 29.0 Å². The van der Waals surface area contributed by atoms with Crippen LogP contribution in [-0.4, -0.2) is 17.0 Å². The topological polar surface area (TPSA) is 130 Å². The van der Waals surface area contributed by atoms with E-state index in [1.165, 1.54) is 18.2 Å². The number of phenolic OH excluding ortho intramolecular Hbond substituents is 1. The van der Waals surface area contributed by atoms with Gasteiger partial charge in [-0.05, 0) is 30.3 Å². The lowest BCUT2D eigenvalue weighted by molar-refractivity contribution is 0.100. The fourth-order valence-corrected chi connectivity index (χ4v) is 1.68. The SMILES string of the molecule is NC(=O)c1ccc(O)c(NC(=O)Nc2ccccc2N)c1. The van der Waals surface area contributed by atoms with E-state index in [0.717, 1.165) is 0 Å². The van der Waals surface area contributed by atoms with Crippen molar-refractivity contribution in [2.45, 2.75) is 0 Å². The summed E-state index contributed by atoms with van der Waals surface area (Å²) in [4.78, 5) is 22.9. The standard InChI is InChI=1S/C14H14N4O3/c15-9-3-1-2-4-10(9)17-14(21)18-11-7-8(13(16)20)5-6-12(11)19/h1-7,19H,15H2,(H2,16,20)(H2,17,18,21). The Balaban J connectivity index is 2.15. The van der Waals surface area contributed by atoms with E-state index in [4.69, 9.17) is 11.5 Å². The molecule has 2 rings (SSSR count). The number of amides is 3. The molecule has 0 aliphatic heterocycles. The maximum Gasteiger partial charge on any atom is 0.323 e. The maximum atomic E-state index is 11.9. The molecule has 0 atom stereocenters. The third-order valence-corrected chi connectivity index (χ3v) is 2.74. The lowest BCUT2D eigenvalue weighted by Crippen LogP contribution is -2.20. The van der Waals surface area contributed by atoms with Gasteiger partial charge in [0.25, 0.3) is 0 Å². The van der Waals surface area contributed by atoms with Gasteiger partial charge < -0.3 is 27.2 Å². The molecule has 0 saturated heterocycles. The molecule has 0 radical (unpaired) electrons. The van der Waals surface area contributed by atoms with Crippen molar-refractivity contribution in [3.05, 3.63) is 48.0 Å². The van der Waals surface area contributed by atoms with Gasteiger partial charge in [-0.3, -0.25) is 4.79 Å². The number of benzene rings is 2. The minimum Gasteiger partial charge on any atom is -0.506 e. The Morgan fingerprint density at radius 1 is 1.00 bits per heavy atom. The number of urea groups is 1. The van der Waals surface area contributed by atoms with Crippen LogP contribution in [0.25, 0.3) is 0 Å². The molecule has 2 aromatic carbocycles. The minimum atomic E-state index is -0.661.